The molecule has 4 heteroatoms. The molecule has 1 saturated heterocycles. The second-order valence-corrected chi connectivity index (χ2v) is 4.49. The minimum absolute atomic E-state index is 0.0165. The predicted molar refractivity (Wildman–Crippen MR) is 69.6 cm³/mol. The number of rotatable bonds is 2. The van der Waals surface area contributed by atoms with Gasteiger partial charge in [-0.25, -0.2) is 0 Å². The van der Waals surface area contributed by atoms with Crippen molar-refractivity contribution in [2.45, 2.75) is 6.04 Å². The number of aromatic nitrogens is 1. The first kappa shape index (κ1) is 10.4. The molecule has 0 amide bonds. The molecule has 17 heavy (non-hydrogen) atoms. The zero-order valence-electron chi connectivity index (χ0n) is 9.73. The van der Waals surface area contributed by atoms with E-state index in [2.05, 4.69) is 15.2 Å². The van der Waals surface area contributed by atoms with Gasteiger partial charge in [-0.1, -0.05) is 18.2 Å². The van der Waals surface area contributed by atoms with Crippen LogP contribution in [0.2, 0.25) is 0 Å². The number of pyridine rings is 1. The van der Waals surface area contributed by atoms with Crippen LogP contribution in [0.5, 0.6) is 0 Å². The lowest BCUT2D eigenvalue weighted by Gasteiger charge is -2.36. The Morgan fingerprint density at radius 3 is 2.76 bits per heavy atom. The molecule has 1 aliphatic rings. The van der Waals surface area contributed by atoms with Crippen molar-refractivity contribution in [2.24, 2.45) is 0 Å². The van der Waals surface area contributed by atoms with Gasteiger partial charge in [0.25, 0.3) is 5.56 Å². The van der Waals surface area contributed by atoms with Crippen LogP contribution in [0, 0.1) is 0 Å². The number of hydrogen-bond acceptors (Lipinski definition) is 3. The van der Waals surface area contributed by atoms with E-state index in [-0.39, 0.29) is 5.56 Å². The molecule has 2 N–H and O–H groups in total. The highest BCUT2D eigenvalue weighted by Gasteiger charge is 2.22. The van der Waals surface area contributed by atoms with Crippen LogP contribution in [-0.2, 0) is 0 Å². The van der Waals surface area contributed by atoms with Gasteiger partial charge in [-0.05, 0) is 17.5 Å². The zero-order valence-corrected chi connectivity index (χ0v) is 9.73. The van der Waals surface area contributed by atoms with E-state index < -0.39 is 0 Å². The first-order valence-corrected chi connectivity index (χ1v) is 5.81. The van der Waals surface area contributed by atoms with Crippen LogP contribution < -0.4 is 15.8 Å². The summed E-state index contributed by atoms with van der Waals surface area (Å²) in [5.74, 6) is 0.889. The molecule has 0 atom stereocenters. The number of H-pyrrole nitrogens is 1. The molecule has 88 valence electrons. The molecule has 1 aromatic carbocycles. The topological polar surface area (TPSA) is 48.1 Å². The summed E-state index contributed by atoms with van der Waals surface area (Å²) in [6.07, 6.45) is 0. The van der Waals surface area contributed by atoms with Gasteiger partial charge in [0, 0.05) is 25.5 Å². The molecule has 0 unspecified atom stereocenters. The summed E-state index contributed by atoms with van der Waals surface area (Å²) in [6, 6.07) is 10.2. The molecule has 4 nitrogen and oxygen atoms in total. The van der Waals surface area contributed by atoms with E-state index in [1.54, 1.807) is 0 Å². The molecule has 2 aromatic rings. The minimum atomic E-state index is -0.0165. The zero-order chi connectivity index (χ0) is 11.8. The molecule has 1 aliphatic heterocycles. The maximum atomic E-state index is 11.9. The Morgan fingerprint density at radius 2 is 2.06 bits per heavy atom. The standard InChI is InChI=1S/C13H15N3O/c1-16(10-7-14-8-10)12-6-9-4-2-3-5-11(9)13(17)15-12/h2-6,10,14H,7-8H2,1H3,(H,15,17). The summed E-state index contributed by atoms with van der Waals surface area (Å²) < 4.78 is 0. The van der Waals surface area contributed by atoms with Gasteiger partial charge in [0.05, 0.1) is 6.04 Å². The van der Waals surface area contributed by atoms with Gasteiger partial charge in [-0.15, -0.1) is 0 Å². The molecule has 0 spiro atoms. The van der Waals surface area contributed by atoms with E-state index in [1.165, 1.54) is 0 Å². The third-order valence-corrected chi connectivity index (χ3v) is 3.43. The smallest absolute Gasteiger partial charge is 0.257 e. The number of benzene rings is 1. The number of nitrogens with zero attached hydrogens (tertiary/aromatic N) is 1. The number of likely N-dealkylation sites (N-methyl/N-ethyl adjacent to an activating group) is 1. The van der Waals surface area contributed by atoms with Gasteiger partial charge in [-0.2, -0.15) is 0 Å². The van der Waals surface area contributed by atoms with E-state index in [1.807, 2.05) is 37.4 Å². The van der Waals surface area contributed by atoms with Crippen molar-refractivity contribution in [3.05, 3.63) is 40.7 Å². The van der Waals surface area contributed by atoms with Crippen molar-refractivity contribution < 1.29 is 0 Å². The maximum Gasteiger partial charge on any atom is 0.257 e. The van der Waals surface area contributed by atoms with E-state index >= 15 is 0 Å². The number of aromatic amines is 1. The fourth-order valence-corrected chi connectivity index (χ4v) is 2.13. The third kappa shape index (κ3) is 1.70. The fourth-order valence-electron chi connectivity index (χ4n) is 2.13. The maximum absolute atomic E-state index is 11.9. The van der Waals surface area contributed by atoms with Crippen LogP contribution >= 0.6 is 0 Å². The number of nitrogens with one attached hydrogen (secondary N) is 2. The van der Waals surface area contributed by atoms with Crippen molar-refractivity contribution >= 4 is 16.6 Å². The highest BCUT2D eigenvalue weighted by atomic mass is 16.1. The van der Waals surface area contributed by atoms with Crippen LogP contribution in [0.3, 0.4) is 0 Å². The highest BCUT2D eigenvalue weighted by molar-refractivity contribution is 5.83. The quantitative estimate of drug-likeness (QED) is 0.805. The monoisotopic (exact) mass is 229 g/mol. The van der Waals surface area contributed by atoms with Crippen molar-refractivity contribution in [2.75, 3.05) is 25.0 Å². The Bertz CT molecular complexity index is 601. The van der Waals surface area contributed by atoms with Gasteiger partial charge >= 0.3 is 0 Å². The first-order chi connectivity index (χ1) is 8.25. The molecule has 0 saturated carbocycles. The van der Waals surface area contributed by atoms with Crippen LogP contribution in [0.4, 0.5) is 5.82 Å². The average Bonchev–Trinajstić information content (AvgIpc) is 2.26. The van der Waals surface area contributed by atoms with Crippen molar-refractivity contribution in [3.63, 3.8) is 0 Å². The van der Waals surface area contributed by atoms with Crippen molar-refractivity contribution in [1.82, 2.24) is 10.3 Å². The summed E-state index contributed by atoms with van der Waals surface area (Å²) >= 11 is 0. The Balaban J connectivity index is 2.08. The Hall–Kier alpha value is -1.81. The lowest BCUT2D eigenvalue weighted by atomic mass is 10.1. The fraction of sp³-hybridized carbons (Fsp3) is 0.308. The lowest BCUT2D eigenvalue weighted by Crippen LogP contribution is -2.56. The van der Waals surface area contributed by atoms with E-state index in [4.69, 9.17) is 0 Å². The Morgan fingerprint density at radius 1 is 1.29 bits per heavy atom. The van der Waals surface area contributed by atoms with Crippen LogP contribution in [-0.4, -0.2) is 31.2 Å². The average molecular weight is 229 g/mol. The highest BCUT2D eigenvalue weighted by Crippen LogP contribution is 2.18. The molecule has 0 bridgehead atoms. The molecule has 1 fully saturated rings. The van der Waals surface area contributed by atoms with Crippen molar-refractivity contribution in [1.29, 1.82) is 0 Å². The number of fused-ring (bicyclic) bond motifs is 1. The molecular weight excluding hydrogens is 214 g/mol. The van der Waals surface area contributed by atoms with Crippen LogP contribution in [0.1, 0.15) is 0 Å². The molecule has 2 heterocycles. The Labute approximate surface area is 99.3 Å². The van der Waals surface area contributed by atoms with Gasteiger partial charge in [0.1, 0.15) is 5.82 Å². The number of anilines is 1. The molecule has 0 aliphatic carbocycles. The second kappa shape index (κ2) is 3.89. The molecule has 3 rings (SSSR count). The first-order valence-electron chi connectivity index (χ1n) is 5.81. The largest absolute Gasteiger partial charge is 0.356 e. The minimum Gasteiger partial charge on any atom is -0.356 e. The summed E-state index contributed by atoms with van der Waals surface area (Å²) in [5, 5.41) is 4.97. The van der Waals surface area contributed by atoms with E-state index in [9.17, 15) is 4.79 Å². The van der Waals surface area contributed by atoms with Crippen LogP contribution in [0.25, 0.3) is 10.8 Å². The Kier molecular flexibility index (Phi) is 2.37. The molecular formula is C13H15N3O. The summed E-state index contributed by atoms with van der Waals surface area (Å²) in [5.41, 5.74) is -0.0165. The summed E-state index contributed by atoms with van der Waals surface area (Å²) in [6.45, 7) is 1.96. The van der Waals surface area contributed by atoms with Gasteiger partial charge < -0.3 is 15.2 Å². The lowest BCUT2D eigenvalue weighted by molar-refractivity contribution is 0.427. The predicted octanol–water partition coefficient (Wildman–Crippen LogP) is 0.936. The SMILES string of the molecule is CN(c1cc2ccccc2c(=O)[nH]1)C1CNC1. The van der Waals surface area contributed by atoms with E-state index in [0.717, 1.165) is 29.7 Å². The van der Waals surface area contributed by atoms with Crippen LogP contribution in [0.15, 0.2) is 35.1 Å². The normalized spacial score (nSPS) is 15.8. The third-order valence-electron chi connectivity index (χ3n) is 3.43. The van der Waals surface area contributed by atoms with Gasteiger partial charge in [-0.3, -0.25) is 4.79 Å². The van der Waals surface area contributed by atoms with E-state index in [0.29, 0.717) is 6.04 Å². The molecule has 1 aromatic heterocycles. The second-order valence-electron chi connectivity index (χ2n) is 4.49. The number of hydrogen-bond donors (Lipinski definition) is 2. The summed E-state index contributed by atoms with van der Waals surface area (Å²) in [7, 11) is 2.02. The summed E-state index contributed by atoms with van der Waals surface area (Å²) in [4.78, 5) is 17.0. The van der Waals surface area contributed by atoms with Gasteiger partial charge in [0.2, 0.25) is 0 Å². The van der Waals surface area contributed by atoms with Crippen molar-refractivity contribution in [3.8, 4) is 0 Å². The molecule has 0 radical (unpaired) electrons. The van der Waals surface area contributed by atoms with Gasteiger partial charge in [0.15, 0.2) is 0 Å².